The molecule has 1 unspecified atom stereocenters. The number of aromatic nitrogens is 1. The number of methoxy groups -OCH3 is 1. The van der Waals surface area contributed by atoms with Crippen LogP contribution in [0.25, 0.3) is 0 Å². The summed E-state index contributed by atoms with van der Waals surface area (Å²) in [5.41, 5.74) is 1.29. The summed E-state index contributed by atoms with van der Waals surface area (Å²) in [6.45, 7) is 5.96. The van der Waals surface area contributed by atoms with Crippen molar-refractivity contribution in [2.24, 2.45) is 0 Å². The SMILES string of the molecule is CCCC(NCC)c1ccn(CCC(=O)OC)c1. The Kier molecular flexibility index (Phi) is 6.50. The summed E-state index contributed by atoms with van der Waals surface area (Å²) in [6, 6.07) is 2.54. The van der Waals surface area contributed by atoms with Gasteiger partial charge in [-0.05, 0) is 24.6 Å². The highest BCUT2D eigenvalue weighted by Gasteiger charge is 2.10. The Bertz CT molecular complexity index is 354. The summed E-state index contributed by atoms with van der Waals surface area (Å²) < 4.78 is 6.69. The lowest BCUT2D eigenvalue weighted by atomic mass is 10.1. The van der Waals surface area contributed by atoms with Crippen molar-refractivity contribution in [3.63, 3.8) is 0 Å². The fourth-order valence-electron chi connectivity index (χ4n) is 2.05. The van der Waals surface area contributed by atoms with Crippen LogP contribution in [0.1, 0.15) is 44.7 Å². The van der Waals surface area contributed by atoms with E-state index in [9.17, 15) is 4.79 Å². The van der Waals surface area contributed by atoms with Crippen LogP contribution < -0.4 is 5.32 Å². The summed E-state index contributed by atoms with van der Waals surface area (Å²) in [7, 11) is 1.42. The predicted molar refractivity (Wildman–Crippen MR) is 72.4 cm³/mol. The number of carbonyl (C=O) groups is 1. The van der Waals surface area contributed by atoms with Gasteiger partial charge in [-0.2, -0.15) is 0 Å². The summed E-state index contributed by atoms with van der Waals surface area (Å²) in [6.07, 6.45) is 6.86. The average molecular weight is 252 g/mol. The third kappa shape index (κ3) is 4.53. The first-order valence-corrected chi connectivity index (χ1v) is 6.67. The normalized spacial score (nSPS) is 12.4. The van der Waals surface area contributed by atoms with Crippen LogP contribution in [0, 0.1) is 0 Å². The van der Waals surface area contributed by atoms with E-state index in [0.29, 0.717) is 19.0 Å². The highest BCUT2D eigenvalue weighted by atomic mass is 16.5. The van der Waals surface area contributed by atoms with Gasteiger partial charge in [0.05, 0.1) is 13.5 Å². The van der Waals surface area contributed by atoms with Crippen molar-refractivity contribution in [1.29, 1.82) is 0 Å². The topological polar surface area (TPSA) is 43.3 Å². The van der Waals surface area contributed by atoms with E-state index in [4.69, 9.17) is 0 Å². The molecule has 0 aliphatic rings. The summed E-state index contributed by atoms with van der Waals surface area (Å²) in [5.74, 6) is -0.165. The van der Waals surface area contributed by atoms with Crippen molar-refractivity contribution in [2.45, 2.75) is 45.7 Å². The molecule has 1 heterocycles. The van der Waals surface area contributed by atoms with Crippen molar-refractivity contribution in [3.8, 4) is 0 Å². The largest absolute Gasteiger partial charge is 0.469 e. The van der Waals surface area contributed by atoms with Gasteiger partial charge in [-0.3, -0.25) is 4.79 Å². The van der Waals surface area contributed by atoms with E-state index in [0.717, 1.165) is 19.4 Å². The van der Waals surface area contributed by atoms with E-state index in [2.05, 4.69) is 36.2 Å². The van der Waals surface area contributed by atoms with E-state index in [1.165, 1.54) is 12.7 Å². The molecule has 1 N–H and O–H groups in total. The van der Waals surface area contributed by atoms with Gasteiger partial charge in [0.15, 0.2) is 0 Å². The van der Waals surface area contributed by atoms with Gasteiger partial charge < -0.3 is 14.6 Å². The molecule has 0 fully saturated rings. The molecule has 0 aliphatic carbocycles. The molecule has 1 aromatic heterocycles. The molecule has 0 aliphatic heterocycles. The molecule has 1 aromatic rings. The lowest BCUT2D eigenvalue weighted by molar-refractivity contribution is -0.140. The number of aryl methyl sites for hydroxylation is 1. The zero-order chi connectivity index (χ0) is 13.4. The highest BCUT2D eigenvalue weighted by Crippen LogP contribution is 2.18. The maximum absolute atomic E-state index is 11.1. The first-order valence-electron chi connectivity index (χ1n) is 6.67. The Hall–Kier alpha value is -1.29. The van der Waals surface area contributed by atoms with Crippen molar-refractivity contribution in [1.82, 2.24) is 9.88 Å². The Morgan fingerprint density at radius 2 is 2.28 bits per heavy atom. The second kappa shape index (κ2) is 7.93. The maximum Gasteiger partial charge on any atom is 0.307 e. The molecule has 0 spiro atoms. The fourth-order valence-corrected chi connectivity index (χ4v) is 2.05. The highest BCUT2D eigenvalue weighted by molar-refractivity contribution is 5.68. The standard InChI is InChI=1S/C14H24N2O2/c1-4-6-13(15-5-2)12-7-9-16(11-12)10-8-14(17)18-3/h7,9,11,13,15H,4-6,8,10H2,1-3H3. The van der Waals surface area contributed by atoms with Gasteiger partial charge in [-0.15, -0.1) is 0 Å². The summed E-state index contributed by atoms with van der Waals surface area (Å²) >= 11 is 0. The quantitative estimate of drug-likeness (QED) is 0.723. The molecule has 0 aromatic carbocycles. The lowest BCUT2D eigenvalue weighted by Gasteiger charge is -2.15. The molecule has 18 heavy (non-hydrogen) atoms. The number of carbonyl (C=O) groups excluding carboxylic acids is 1. The summed E-state index contributed by atoms with van der Waals surface area (Å²) in [5, 5.41) is 3.48. The van der Waals surface area contributed by atoms with Gasteiger partial charge in [0.2, 0.25) is 0 Å². The molecule has 4 heteroatoms. The third-order valence-corrected chi connectivity index (χ3v) is 3.01. The minimum absolute atomic E-state index is 0.165. The Labute approximate surface area is 109 Å². The molecule has 0 saturated heterocycles. The smallest absolute Gasteiger partial charge is 0.307 e. The molecule has 4 nitrogen and oxygen atoms in total. The van der Waals surface area contributed by atoms with Crippen LogP contribution in [0.2, 0.25) is 0 Å². The molecule has 1 rings (SSSR count). The first kappa shape index (κ1) is 14.8. The third-order valence-electron chi connectivity index (χ3n) is 3.01. The van der Waals surface area contributed by atoms with Gasteiger partial charge in [-0.25, -0.2) is 0 Å². The van der Waals surface area contributed by atoms with E-state index in [-0.39, 0.29) is 5.97 Å². The van der Waals surface area contributed by atoms with Crippen molar-refractivity contribution >= 4 is 5.97 Å². The van der Waals surface area contributed by atoms with Crippen LogP contribution in [-0.4, -0.2) is 24.2 Å². The average Bonchev–Trinajstić information content (AvgIpc) is 2.84. The van der Waals surface area contributed by atoms with E-state index in [1.54, 1.807) is 0 Å². The summed E-state index contributed by atoms with van der Waals surface area (Å²) in [4.78, 5) is 11.1. The van der Waals surface area contributed by atoms with Crippen molar-refractivity contribution < 1.29 is 9.53 Å². The number of rotatable bonds is 8. The monoisotopic (exact) mass is 252 g/mol. The van der Waals surface area contributed by atoms with Gasteiger partial charge in [-0.1, -0.05) is 20.3 Å². The maximum atomic E-state index is 11.1. The number of nitrogens with zero attached hydrogens (tertiary/aromatic N) is 1. The molecule has 1 atom stereocenters. The molecule has 0 bridgehead atoms. The van der Waals surface area contributed by atoms with Crippen LogP contribution >= 0.6 is 0 Å². The van der Waals surface area contributed by atoms with E-state index >= 15 is 0 Å². The minimum Gasteiger partial charge on any atom is -0.469 e. The number of hydrogen-bond acceptors (Lipinski definition) is 3. The first-order chi connectivity index (χ1) is 8.71. The second-order valence-corrected chi connectivity index (χ2v) is 4.41. The Morgan fingerprint density at radius 1 is 1.50 bits per heavy atom. The number of hydrogen-bond donors (Lipinski definition) is 1. The zero-order valence-electron chi connectivity index (χ0n) is 11.6. The van der Waals surface area contributed by atoms with Gasteiger partial charge in [0, 0.05) is 25.0 Å². The number of nitrogens with one attached hydrogen (secondary N) is 1. The van der Waals surface area contributed by atoms with Crippen LogP contribution in [-0.2, 0) is 16.1 Å². The van der Waals surface area contributed by atoms with Crippen LogP contribution in [0.15, 0.2) is 18.5 Å². The Balaban J connectivity index is 2.57. The molecular formula is C14H24N2O2. The number of esters is 1. The van der Waals surface area contributed by atoms with Crippen molar-refractivity contribution in [2.75, 3.05) is 13.7 Å². The van der Waals surface area contributed by atoms with Crippen LogP contribution in [0.4, 0.5) is 0 Å². The lowest BCUT2D eigenvalue weighted by Crippen LogP contribution is -2.20. The molecule has 0 saturated carbocycles. The zero-order valence-corrected chi connectivity index (χ0v) is 11.6. The molecule has 0 amide bonds. The van der Waals surface area contributed by atoms with Gasteiger partial charge >= 0.3 is 5.97 Å². The molecular weight excluding hydrogens is 228 g/mol. The van der Waals surface area contributed by atoms with Crippen molar-refractivity contribution in [3.05, 3.63) is 24.0 Å². The number of ether oxygens (including phenoxy) is 1. The molecule has 102 valence electrons. The van der Waals surface area contributed by atoms with Crippen LogP contribution in [0.5, 0.6) is 0 Å². The fraction of sp³-hybridized carbons (Fsp3) is 0.643. The van der Waals surface area contributed by atoms with Gasteiger partial charge in [0.1, 0.15) is 0 Å². The molecule has 0 radical (unpaired) electrons. The second-order valence-electron chi connectivity index (χ2n) is 4.41. The minimum atomic E-state index is -0.165. The van der Waals surface area contributed by atoms with E-state index < -0.39 is 0 Å². The van der Waals surface area contributed by atoms with Gasteiger partial charge in [0.25, 0.3) is 0 Å². The Morgan fingerprint density at radius 3 is 2.89 bits per heavy atom. The van der Waals surface area contributed by atoms with Crippen LogP contribution in [0.3, 0.4) is 0 Å². The predicted octanol–water partition coefficient (Wildman–Crippen LogP) is 2.50. The van der Waals surface area contributed by atoms with E-state index in [1.807, 2.05) is 10.8 Å².